The third-order valence-electron chi connectivity index (χ3n) is 2.49. The first-order chi connectivity index (χ1) is 9.06. The van der Waals surface area contributed by atoms with Crippen LogP contribution in [0.1, 0.15) is 7.43 Å². The van der Waals surface area contributed by atoms with Gasteiger partial charge in [-0.3, -0.25) is 0 Å². The molecule has 1 aromatic heterocycles. The molecule has 0 saturated carbocycles. The third kappa shape index (κ3) is 3.93. The normalized spacial score (nSPS) is 10.3. The van der Waals surface area contributed by atoms with Gasteiger partial charge in [-0.15, -0.1) is 0 Å². The van der Waals surface area contributed by atoms with E-state index in [1.54, 1.807) is 6.07 Å². The maximum atomic E-state index is 11.5. The number of benzene rings is 1. The average Bonchev–Trinajstić information content (AvgIpc) is 2.38. The smallest absolute Gasteiger partial charge is 0.353 e. The number of hydrogen-bond acceptors (Lipinski definition) is 4. The summed E-state index contributed by atoms with van der Waals surface area (Å²) < 4.78 is 0.583. The van der Waals surface area contributed by atoms with Crippen molar-refractivity contribution >= 4 is 28.8 Å². The molecule has 0 atom stereocenters. The number of pyridine rings is 1. The molecule has 5 nitrogen and oxygen atoms in total. The first-order valence-electron chi connectivity index (χ1n) is 5.64. The number of nitrogens with zero attached hydrogens (tertiary/aromatic N) is 4. The van der Waals surface area contributed by atoms with Gasteiger partial charge in [0.15, 0.2) is 0 Å². The molecule has 106 valence electrons. The van der Waals surface area contributed by atoms with E-state index < -0.39 is 0 Å². The van der Waals surface area contributed by atoms with Crippen LogP contribution in [0, 0.1) is 5.21 Å². The Morgan fingerprint density at radius 2 is 1.70 bits per heavy atom. The minimum atomic E-state index is 0. The predicted octanol–water partition coefficient (Wildman–Crippen LogP) is 4.09. The summed E-state index contributed by atoms with van der Waals surface area (Å²) >= 11 is 5.68. The second-order valence-corrected chi connectivity index (χ2v) is 4.58. The minimum Gasteiger partial charge on any atom is -0.710 e. The second kappa shape index (κ2) is 6.86. The van der Waals surface area contributed by atoms with E-state index in [2.05, 4.69) is 10.2 Å². The van der Waals surface area contributed by atoms with Crippen molar-refractivity contribution in [3.8, 4) is 0 Å². The Hall–Kier alpha value is -2.14. The predicted molar refractivity (Wildman–Crippen MR) is 82.1 cm³/mol. The molecule has 20 heavy (non-hydrogen) atoms. The van der Waals surface area contributed by atoms with E-state index in [-0.39, 0.29) is 13.2 Å². The van der Waals surface area contributed by atoms with E-state index in [1.165, 1.54) is 12.3 Å². The average molecular weight is 293 g/mol. The van der Waals surface area contributed by atoms with Crippen LogP contribution < -0.4 is 9.63 Å². The van der Waals surface area contributed by atoms with Crippen LogP contribution in [0.15, 0.2) is 52.8 Å². The van der Waals surface area contributed by atoms with E-state index in [0.29, 0.717) is 15.4 Å². The summed E-state index contributed by atoms with van der Waals surface area (Å²) in [5.41, 5.74) is 1.75. The van der Waals surface area contributed by atoms with Crippen molar-refractivity contribution in [2.24, 2.45) is 10.2 Å². The summed E-state index contributed by atoms with van der Waals surface area (Å²) in [4.78, 5) is 1.99. The van der Waals surface area contributed by atoms with Gasteiger partial charge in [0.2, 0.25) is 0 Å². The van der Waals surface area contributed by atoms with Crippen LogP contribution in [-0.2, 0) is 0 Å². The van der Waals surface area contributed by atoms with Gasteiger partial charge in [-0.25, -0.2) is 4.73 Å². The summed E-state index contributed by atoms with van der Waals surface area (Å²) in [7, 11) is 3.93. The molecular formula is C14H17ClN4O. The van der Waals surface area contributed by atoms with Gasteiger partial charge in [-0.05, 0) is 35.4 Å². The van der Waals surface area contributed by atoms with Crippen molar-refractivity contribution < 1.29 is 4.73 Å². The topological polar surface area (TPSA) is 54.9 Å². The molecule has 0 aliphatic carbocycles. The summed E-state index contributed by atoms with van der Waals surface area (Å²) in [6.07, 6.45) is 1.24. The van der Waals surface area contributed by atoms with Crippen molar-refractivity contribution in [1.29, 1.82) is 0 Å². The fourth-order valence-corrected chi connectivity index (χ4v) is 1.60. The molecule has 6 heteroatoms. The number of hydrogen-bond donors (Lipinski definition) is 0. The Kier molecular flexibility index (Phi) is 5.46. The molecule has 1 heterocycles. The summed E-state index contributed by atoms with van der Waals surface area (Å²) in [5, 5.41) is 19.7. The molecule has 0 radical (unpaired) electrons. The van der Waals surface area contributed by atoms with Crippen LogP contribution in [-0.4, -0.2) is 14.1 Å². The van der Waals surface area contributed by atoms with Crippen molar-refractivity contribution in [3.63, 3.8) is 0 Å². The monoisotopic (exact) mass is 292 g/mol. The molecule has 0 fully saturated rings. The standard InChI is InChI=1S/C13H13ClN4O.CH4/c1-17(2)12-6-4-11(5-7-12)15-16-13-8-3-10(14)9-18(13)19;/h3-9H,1-2H3;1H4. The van der Waals surface area contributed by atoms with Crippen LogP contribution in [0.5, 0.6) is 0 Å². The molecule has 0 aliphatic rings. The Labute approximate surface area is 123 Å². The van der Waals surface area contributed by atoms with Gasteiger partial charge in [0, 0.05) is 25.8 Å². The molecule has 0 amide bonds. The molecule has 0 N–H and O–H groups in total. The van der Waals surface area contributed by atoms with Gasteiger partial charge < -0.3 is 10.1 Å². The maximum absolute atomic E-state index is 11.5. The first kappa shape index (κ1) is 15.9. The number of anilines is 1. The van der Waals surface area contributed by atoms with Gasteiger partial charge in [0.25, 0.3) is 0 Å². The first-order valence-corrected chi connectivity index (χ1v) is 6.02. The van der Waals surface area contributed by atoms with Crippen LogP contribution >= 0.6 is 11.6 Å². The van der Waals surface area contributed by atoms with Gasteiger partial charge in [-0.1, -0.05) is 19.0 Å². The second-order valence-electron chi connectivity index (χ2n) is 4.14. The molecule has 2 rings (SSSR count). The van der Waals surface area contributed by atoms with Gasteiger partial charge in [0.05, 0.1) is 10.1 Å². The highest BCUT2D eigenvalue weighted by molar-refractivity contribution is 6.30. The molecule has 0 aliphatic heterocycles. The van der Waals surface area contributed by atoms with E-state index >= 15 is 0 Å². The van der Waals surface area contributed by atoms with Crippen molar-refractivity contribution in [3.05, 3.63) is 52.8 Å². The lowest BCUT2D eigenvalue weighted by atomic mass is 10.3. The number of halogens is 1. The van der Waals surface area contributed by atoms with Gasteiger partial charge in [0.1, 0.15) is 11.9 Å². The molecule has 1 aromatic carbocycles. The molecule has 0 unspecified atom stereocenters. The highest BCUT2D eigenvalue weighted by Gasteiger charge is 2.04. The van der Waals surface area contributed by atoms with E-state index in [1.807, 2.05) is 43.3 Å². The van der Waals surface area contributed by atoms with E-state index in [9.17, 15) is 5.21 Å². The minimum absolute atomic E-state index is 0. The number of aromatic nitrogens is 1. The highest BCUT2D eigenvalue weighted by Crippen LogP contribution is 2.20. The molecular weight excluding hydrogens is 276 g/mol. The van der Waals surface area contributed by atoms with Crippen molar-refractivity contribution in [2.75, 3.05) is 19.0 Å². The van der Waals surface area contributed by atoms with Crippen LogP contribution in [0.2, 0.25) is 5.02 Å². The van der Waals surface area contributed by atoms with Crippen LogP contribution in [0.4, 0.5) is 17.2 Å². The van der Waals surface area contributed by atoms with Crippen molar-refractivity contribution in [1.82, 2.24) is 0 Å². The molecule has 0 spiro atoms. The largest absolute Gasteiger partial charge is 0.710 e. The van der Waals surface area contributed by atoms with Crippen molar-refractivity contribution in [2.45, 2.75) is 7.43 Å². The SMILES string of the molecule is C.CN(C)c1ccc(N=Nc2ccc(Cl)c[n+]2[O-])cc1. The van der Waals surface area contributed by atoms with Crippen LogP contribution in [0.25, 0.3) is 0 Å². The quantitative estimate of drug-likeness (QED) is 0.486. The van der Waals surface area contributed by atoms with E-state index in [0.717, 1.165) is 5.69 Å². The van der Waals surface area contributed by atoms with Crippen LogP contribution in [0.3, 0.4) is 0 Å². The Morgan fingerprint density at radius 3 is 2.25 bits per heavy atom. The fraction of sp³-hybridized carbons (Fsp3) is 0.214. The highest BCUT2D eigenvalue weighted by atomic mass is 35.5. The lowest BCUT2D eigenvalue weighted by Crippen LogP contribution is -2.25. The number of rotatable bonds is 3. The number of azo groups is 1. The molecule has 0 saturated heterocycles. The Balaban J connectivity index is 0.00000200. The Morgan fingerprint density at radius 1 is 1.05 bits per heavy atom. The lowest BCUT2D eigenvalue weighted by Gasteiger charge is -2.11. The Bertz CT molecular complexity index is 597. The lowest BCUT2D eigenvalue weighted by molar-refractivity contribution is -0.591. The van der Waals surface area contributed by atoms with Gasteiger partial charge in [-0.2, -0.15) is 0 Å². The zero-order valence-electron chi connectivity index (χ0n) is 10.6. The summed E-state index contributed by atoms with van der Waals surface area (Å²) in [5.74, 6) is 0.195. The van der Waals surface area contributed by atoms with E-state index in [4.69, 9.17) is 11.6 Å². The fourth-order valence-electron chi connectivity index (χ4n) is 1.45. The van der Waals surface area contributed by atoms with Gasteiger partial charge >= 0.3 is 5.82 Å². The zero-order valence-corrected chi connectivity index (χ0v) is 11.4. The summed E-state index contributed by atoms with van der Waals surface area (Å²) in [6.45, 7) is 0. The molecule has 0 bridgehead atoms. The third-order valence-corrected chi connectivity index (χ3v) is 2.72. The maximum Gasteiger partial charge on any atom is 0.353 e. The summed E-state index contributed by atoms with van der Waals surface area (Å²) in [6, 6.07) is 10.7. The molecule has 2 aromatic rings. The zero-order chi connectivity index (χ0) is 13.8.